The van der Waals surface area contributed by atoms with Crippen molar-refractivity contribution in [2.45, 2.75) is 52.4 Å². The van der Waals surface area contributed by atoms with Crippen LogP contribution in [0.4, 0.5) is 0 Å². The summed E-state index contributed by atoms with van der Waals surface area (Å²) in [6.45, 7) is 4.24. The molecule has 0 heterocycles. The van der Waals surface area contributed by atoms with Gasteiger partial charge in [-0.2, -0.15) is 0 Å². The lowest BCUT2D eigenvalue weighted by molar-refractivity contribution is -0.119. The first-order chi connectivity index (χ1) is 6.72. The van der Waals surface area contributed by atoms with E-state index in [-0.39, 0.29) is 0 Å². The zero-order chi connectivity index (χ0) is 11.2. The van der Waals surface area contributed by atoms with E-state index in [0.29, 0.717) is 5.78 Å². The molecule has 0 aliphatic rings. The van der Waals surface area contributed by atoms with Crippen LogP contribution in [0.15, 0.2) is 4.99 Å². The van der Waals surface area contributed by atoms with Crippen molar-refractivity contribution in [1.82, 2.24) is 0 Å². The van der Waals surface area contributed by atoms with E-state index < -0.39 is 0 Å². The molecule has 0 rings (SSSR count). The van der Waals surface area contributed by atoms with E-state index in [1.54, 1.807) is 0 Å². The second-order valence-electron chi connectivity index (χ2n) is 3.06. The summed E-state index contributed by atoms with van der Waals surface area (Å²) in [4.78, 5) is 22.8. The highest BCUT2D eigenvalue weighted by atomic mass is 16.1. The highest BCUT2D eigenvalue weighted by Gasteiger charge is 1.98. The molecule has 82 valence electrons. The molecular weight excluding hydrogens is 178 g/mol. The molecule has 0 aliphatic heterocycles. The number of isocyanates is 1. The largest absolute Gasteiger partial charge is 0.300 e. The van der Waals surface area contributed by atoms with Crippen LogP contribution in [0, 0.1) is 0 Å². The Morgan fingerprint density at radius 1 is 1.14 bits per heavy atom. The van der Waals surface area contributed by atoms with Gasteiger partial charge < -0.3 is 0 Å². The molecule has 0 bridgehead atoms. The Morgan fingerprint density at radius 3 is 1.71 bits per heavy atom. The van der Waals surface area contributed by atoms with Crippen LogP contribution in [-0.4, -0.2) is 18.9 Å². The monoisotopic (exact) mass is 199 g/mol. The molecule has 0 aromatic rings. The van der Waals surface area contributed by atoms with Gasteiger partial charge in [-0.1, -0.05) is 26.7 Å². The number of unbranched alkanes of at least 4 members (excludes halogenated alkanes) is 2. The van der Waals surface area contributed by atoms with E-state index in [9.17, 15) is 4.79 Å². The number of nitrogens with zero attached hydrogens (tertiary/aromatic N) is 1. The van der Waals surface area contributed by atoms with Gasteiger partial charge in [-0.05, 0) is 12.8 Å². The number of Topliss-reactive ketones (excluding diaryl/α,β-unsaturated/α-hetero) is 1. The molecule has 0 fully saturated rings. The fourth-order valence-corrected chi connectivity index (χ4v) is 0.873. The molecule has 0 aromatic carbocycles. The molecule has 3 nitrogen and oxygen atoms in total. The normalized spacial score (nSPS) is 8.21. The Bertz CT molecular complexity index is 162. The maximum absolute atomic E-state index is 11.0. The molecule has 0 aromatic heterocycles. The molecule has 0 aliphatic carbocycles. The molecule has 0 amide bonds. The van der Waals surface area contributed by atoms with Crippen molar-refractivity contribution >= 4 is 11.9 Å². The summed E-state index contributed by atoms with van der Waals surface area (Å²) in [6, 6.07) is 0. The number of carbonyl (C=O) groups excluding carboxylic acids is 2. The van der Waals surface area contributed by atoms with Gasteiger partial charge in [0.05, 0.1) is 0 Å². The van der Waals surface area contributed by atoms with Gasteiger partial charge >= 0.3 is 0 Å². The smallest absolute Gasteiger partial charge is 0.234 e. The molecule has 0 radical (unpaired) electrons. The fraction of sp³-hybridized carbons (Fsp3) is 0.818. The minimum atomic E-state index is 0.448. The number of hydrogen-bond acceptors (Lipinski definition) is 3. The van der Waals surface area contributed by atoms with Crippen LogP contribution >= 0.6 is 0 Å². The predicted octanol–water partition coefficient (Wildman–Crippen LogP) is 2.89. The molecule has 0 atom stereocenters. The second-order valence-corrected chi connectivity index (χ2v) is 3.06. The van der Waals surface area contributed by atoms with Gasteiger partial charge in [0.15, 0.2) is 0 Å². The van der Waals surface area contributed by atoms with Gasteiger partial charge in [-0.3, -0.25) is 4.79 Å². The van der Waals surface area contributed by atoms with E-state index >= 15 is 0 Å². The van der Waals surface area contributed by atoms with Crippen LogP contribution in [0.3, 0.4) is 0 Å². The standard InChI is InChI=1S/C9H18O.C2H3NO/c1-3-5-7-9(10)8-6-4-2;1-3-2-4/h3-8H2,1-2H3;1H3. The van der Waals surface area contributed by atoms with E-state index in [1.165, 1.54) is 13.1 Å². The van der Waals surface area contributed by atoms with Gasteiger partial charge in [0, 0.05) is 19.9 Å². The molecule has 3 heteroatoms. The van der Waals surface area contributed by atoms with Crippen molar-refractivity contribution in [2.75, 3.05) is 7.05 Å². The van der Waals surface area contributed by atoms with Crippen LogP contribution in [0.25, 0.3) is 0 Å². The summed E-state index contributed by atoms with van der Waals surface area (Å²) in [5.41, 5.74) is 0. The lowest BCUT2D eigenvalue weighted by Crippen LogP contribution is -1.96. The third-order valence-corrected chi connectivity index (χ3v) is 1.71. The molecule has 0 saturated heterocycles. The second kappa shape index (κ2) is 14.6. The average Bonchev–Trinajstić information content (AvgIpc) is 2.23. The Labute approximate surface area is 86.6 Å². The average molecular weight is 199 g/mol. The number of aliphatic imine (C=N–C) groups is 1. The van der Waals surface area contributed by atoms with E-state index in [4.69, 9.17) is 4.79 Å². The topological polar surface area (TPSA) is 46.5 Å². The zero-order valence-corrected chi connectivity index (χ0v) is 9.51. The maximum Gasteiger partial charge on any atom is 0.234 e. The summed E-state index contributed by atoms with van der Waals surface area (Å²) < 4.78 is 0. The number of rotatable bonds is 6. The molecular formula is C11H21NO2. The molecule has 14 heavy (non-hydrogen) atoms. The van der Waals surface area contributed by atoms with Crippen molar-refractivity contribution < 1.29 is 9.59 Å². The van der Waals surface area contributed by atoms with Crippen LogP contribution in [0.1, 0.15) is 52.4 Å². The number of ketones is 1. The van der Waals surface area contributed by atoms with Gasteiger partial charge in [0.1, 0.15) is 5.78 Å². The summed E-state index contributed by atoms with van der Waals surface area (Å²) in [5.74, 6) is 0.448. The predicted molar refractivity (Wildman–Crippen MR) is 58.1 cm³/mol. The maximum atomic E-state index is 11.0. The first kappa shape index (κ1) is 15.5. The van der Waals surface area contributed by atoms with Crippen molar-refractivity contribution in [3.05, 3.63) is 0 Å². The molecule has 0 spiro atoms. The SMILES string of the molecule is CCCCC(=O)CCCC.CN=C=O. The summed E-state index contributed by atoms with van der Waals surface area (Å²) in [7, 11) is 1.38. The highest BCUT2D eigenvalue weighted by Crippen LogP contribution is 2.02. The van der Waals surface area contributed by atoms with E-state index in [0.717, 1.165) is 38.5 Å². The first-order valence-electron chi connectivity index (χ1n) is 5.20. The van der Waals surface area contributed by atoms with Gasteiger partial charge in [-0.15, -0.1) is 0 Å². The Balaban J connectivity index is 0. The van der Waals surface area contributed by atoms with Crippen molar-refractivity contribution in [1.29, 1.82) is 0 Å². The van der Waals surface area contributed by atoms with E-state index in [2.05, 4.69) is 18.8 Å². The zero-order valence-electron chi connectivity index (χ0n) is 9.51. The van der Waals surface area contributed by atoms with Gasteiger partial charge in [0.2, 0.25) is 6.08 Å². The Morgan fingerprint density at radius 2 is 1.50 bits per heavy atom. The number of carbonyl (C=O) groups is 1. The highest BCUT2D eigenvalue weighted by molar-refractivity contribution is 5.78. The lowest BCUT2D eigenvalue weighted by Gasteiger charge is -1.96. The third-order valence-electron chi connectivity index (χ3n) is 1.71. The Kier molecular flexibility index (Phi) is 16.1. The van der Waals surface area contributed by atoms with Crippen LogP contribution in [-0.2, 0) is 9.59 Å². The summed E-state index contributed by atoms with van der Waals surface area (Å²) in [6.07, 6.45) is 7.33. The van der Waals surface area contributed by atoms with Crippen LogP contribution in [0.2, 0.25) is 0 Å². The minimum absolute atomic E-state index is 0.448. The molecule has 0 unspecified atom stereocenters. The Hall–Kier alpha value is -0.950. The van der Waals surface area contributed by atoms with Gasteiger partial charge in [-0.25, -0.2) is 9.79 Å². The minimum Gasteiger partial charge on any atom is -0.300 e. The van der Waals surface area contributed by atoms with Crippen molar-refractivity contribution in [2.24, 2.45) is 4.99 Å². The first-order valence-corrected chi connectivity index (χ1v) is 5.20. The van der Waals surface area contributed by atoms with Gasteiger partial charge in [0.25, 0.3) is 0 Å². The van der Waals surface area contributed by atoms with E-state index in [1.807, 2.05) is 0 Å². The molecule has 0 saturated carbocycles. The van der Waals surface area contributed by atoms with Crippen LogP contribution in [0.5, 0.6) is 0 Å². The summed E-state index contributed by atoms with van der Waals surface area (Å²) >= 11 is 0. The van der Waals surface area contributed by atoms with Crippen LogP contribution < -0.4 is 0 Å². The molecule has 0 N–H and O–H groups in total. The van der Waals surface area contributed by atoms with Crippen molar-refractivity contribution in [3.8, 4) is 0 Å². The lowest BCUT2D eigenvalue weighted by atomic mass is 10.1. The fourth-order valence-electron chi connectivity index (χ4n) is 0.873. The third kappa shape index (κ3) is 17.2. The number of hydrogen-bond donors (Lipinski definition) is 0. The van der Waals surface area contributed by atoms with Crippen molar-refractivity contribution in [3.63, 3.8) is 0 Å². The quantitative estimate of drug-likeness (QED) is 0.487. The summed E-state index contributed by atoms with van der Waals surface area (Å²) in [5, 5.41) is 0.